The molecular formula is C21H29N5O3S. The summed E-state index contributed by atoms with van der Waals surface area (Å²) in [5.74, 6) is 0.460. The number of aromatic nitrogens is 2. The zero-order chi connectivity index (χ0) is 21.3. The van der Waals surface area contributed by atoms with E-state index in [9.17, 15) is 9.59 Å². The van der Waals surface area contributed by atoms with Gasteiger partial charge in [-0.15, -0.1) is 11.3 Å². The number of aryl methyl sites for hydroxylation is 1. The van der Waals surface area contributed by atoms with Crippen LogP contribution in [-0.2, 0) is 9.53 Å². The van der Waals surface area contributed by atoms with Crippen LogP contribution in [-0.4, -0.2) is 84.6 Å². The molecule has 4 heterocycles. The number of hydrogen-bond acceptors (Lipinski definition) is 8. The molecule has 0 bridgehead atoms. The minimum absolute atomic E-state index is 0.0196. The molecule has 0 spiro atoms. The maximum atomic E-state index is 13.4. The summed E-state index contributed by atoms with van der Waals surface area (Å²) < 4.78 is 5.18. The SMILES string of the molecule is CCOC(=O)[C@@H]1CCCN(C(=O)c2sc3ncnc(N4CCN(C)CC4)c3c2C)C1. The normalized spacial score (nSPS) is 20.6. The van der Waals surface area contributed by atoms with E-state index >= 15 is 0 Å². The lowest BCUT2D eigenvalue weighted by Crippen LogP contribution is -2.45. The average Bonchev–Trinajstić information content (AvgIpc) is 3.11. The summed E-state index contributed by atoms with van der Waals surface area (Å²) in [5.41, 5.74) is 0.938. The van der Waals surface area contributed by atoms with Crippen LogP contribution >= 0.6 is 11.3 Å². The highest BCUT2D eigenvalue weighted by atomic mass is 32.1. The van der Waals surface area contributed by atoms with Gasteiger partial charge in [0.15, 0.2) is 0 Å². The Labute approximate surface area is 180 Å². The molecule has 4 rings (SSSR count). The highest BCUT2D eigenvalue weighted by Gasteiger charge is 2.32. The highest BCUT2D eigenvalue weighted by molar-refractivity contribution is 7.20. The van der Waals surface area contributed by atoms with E-state index in [1.807, 2.05) is 13.8 Å². The van der Waals surface area contributed by atoms with Crippen LogP contribution in [0.25, 0.3) is 10.2 Å². The molecule has 2 saturated heterocycles. The quantitative estimate of drug-likeness (QED) is 0.687. The Morgan fingerprint density at radius 3 is 2.70 bits per heavy atom. The van der Waals surface area contributed by atoms with Crippen LogP contribution in [0.2, 0.25) is 0 Å². The third-order valence-corrected chi connectivity index (χ3v) is 7.22. The van der Waals surface area contributed by atoms with Gasteiger partial charge in [-0.05, 0) is 39.3 Å². The lowest BCUT2D eigenvalue weighted by Gasteiger charge is -2.33. The monoisotopic (exact) mass is 431 g/mol. The number of carbonyl (C=O) groups excluding carboxylic acids is 2. The third-order valence-electron chi connectivity index (χ3n) is 6.03. The smallest absolute Gasteiger partial charge is 0.310 e. The maximum absolute atomic E-state index is 13.4. The van der Waals surface area contributed by atoms with Crippen LogP contribution in [0.1, 0.15) is 35.0 Å². The number of likely N-dealkylation sites (tertiary alicyclic amines) is 1. The van der Waals surface area contributed by atoms with Gasteiger partial charge in [0.2, 0.25) is 0 Å². The Balaban J connectivity index is 1.60. The summed E-state index contributed by atoms with van der Waals surface area (Å²) in [6.45, 7) is 9.05. The van der Waals surface area contributed by atoms with E-state index in [1.54, 1.807) is 11.2 Å². The molecule has 0 radical (unpaired) electrons. The van der Waals surface area contributed by atoms with E-state index in [0.717, 1.165) is 60.6 Å². The molecule has 30 heavy (non-hydrogen) atoms. The van der Waals surface area contributed by atoms with Crippen LogP contribution < -0.4 is 4.90 Å². The van der Waals surface area contributed by atoms with Crippen LogP contribution in [0.3, 0.4) is 0 Å². The molecule has 2 aliphatic rings. The number of likely N-dealkylation sites (N-methyl/N-ethyl adjacent to an activating group) is 1. The predicted octanol–water partition coefficient (Wildman–Crippen LogP) is 2.17. The number of piperidine rings is 1. The van der Waals surface area contributed by atoms with Gasteiger partial charge >= 0.3 is 5.97 Å². The van der Waals surface area contributed by atoms with Crippen molar-refractivity contribution in [3.05, 3.63) is 16.8 Å². The van der Waals surface area contributed by atoms with E-state index in [0.29, 0.717) is 24.6 Å². The lowest BCUT2D eigenvalue weighted by molar-refractivity contribution is -0.149. The van der Waals surface area contributed by atoms with Gasteiger partial charge in [0.25, 0.3) is 5.91 Å². The van der Waals surface area contributed by atoms with Crippen molar-refractivity contribution in [1.82, 2.24) is 19.8 Å². The number of ether oxygens (including phenoxy) is 1. The fraction of sp³-hybridized carbons (Fsp3) is 0.619. The van der Waals surface area contributed by atoms with Crippen molar-refractivity contribution < 1.29 is 14.3 Å². The molecule has 9 heteroatoms. The molecule has 2 aromatic rings. The highest BCUT2D eigenvalue weighted by Crippen LogP contribution is 2.36. The molecule has 0 aliphatic carbocycles. The molecule has 1 amide bonds. The first-order valence-corrected chi connectivity index (χ1v) is 11.4. The Kier molecular flexibility index (Phi) is 6.19. The molecule has 2 fully saturated rings. The minimum atomic E-state index is -0.238. The molecule has 0 aromatic carbocycles. The number of rotatable bonds is 4. The van der Waals surface area contributed by atoms with Gasteiger partial charge in [-0.2, -0.15) is 0 Å². The van der Waals surface area contributed by atoms with Crippen molar-refractivity contribution in [3.8, 4) is 0 Å². The lowest BCUT2D eigenvalue weighted by atomic mass is 9.98. The van der Waals surface area contributed by atoms with Crippen molar-refractivity contribution in [2.24, 2.45) is 5.92 Å². The fourth-order valence-corrected chi connectivity index (χ4v) is 5.38. The van der Waals surface area contributed by atoms with Gasteiger partial charge in [0.1, 0.15) is 17.0 Å². The zero-order valence-electron chi connectivity index (χ0n) is 17.9. The summed E-state index contributed by atoms with van der Waals surface area (Å²) in [6, 6.07) is 0. The van der Waals surface area contributed by atoms with E-state index in [1.165, 1.54) is 11.3 Å². The number of fused-ring (bicyclic) bond motifs is 1. The zero-order valence-corrected chi connectivity index (χ0v) is 18.7. The topological polar surface area (TPSA) is 78.9 Å². The average molecular weight is 432 g/mol. The van der Waals surface area contributed by atoms with Gasteiger partial charge in [0, 0.05) is 39.3 Å². The number of amides is 1. The number of hydrogen-bond donors (Lipinski definition) is 0. The van der Waals surface area contributed by atoms with Crippen LogP contribution in [0.5, 0.6) is 0 Å². The van der Waals surface area contributed by atoms with E-state index in [-0.39, 0.29) is 17.8 Å². The van der Waals surface area contributed by atoms with E-state index in [4.69, 9.17) is 4.74 Å². The molecular weight excluding hydrogens is 402 g/mol. The standard InChI is InChI=1S/C21H29N5O3S/c1-4-29-21(28)15-6-5-7-26(12-15)20(27)17-14(2)16-18(22-13-23-19(16)30-17)25-10-8-24(3)9-11-25/h13,15H,4-12H2,1-3H3/t15-/m1/s1. The molecule has 0 N–H and O–H groups in total. The summed E-state index contributed by atoms with van der Waals surface area (Å²) >= 11 is 1.43. The van der Waals surface area contributed by atoms with Gasteiger partial charge in [0.05, 0.1) is 22.8 Å². The van der Waals surface area contributed by atoms with Gasteiger partial charge in [-0.3, -0.25) is 9.59 Å². The Morgan fingerprint density at radius 1 is 1.20 bits per heavy atom. The first kappa shape index (κ1) is 21.0. The van der Waals surface area contributed by atoms with E-state index < -0.39 is 0 Å². The second-order valence-corrected chi connectivity index (χ2v) is 9.07. The Bertz CT molecular complexity index is 938. The van der Waals surface area contributed by atoms with E-state index in [2.05, 4.69) is 26.8 Å². The molecule has 0 saturated carbocycles. The van der Waals surface area contributed by atoms with Crippen LogP contribution in [0.4, 0.5) is 5.82 Å². The Morgan fingerprint density at radius 2 is 1.97 bits per heavy atom. The molecule has 0 unspecified atom stereocenters. The number of piperazine rings is 1. The summed E-state index contributed by atoms with van der Waals surface area (Å²) in [4.78, 5) is 42.5. The minimum Gasteiger partial charge on any atom is -0.466 e. The number of thiophene rings is 1. The number of esters is 1. The third kappa shape index (κ3) is 4.00. The number of anilines is 1. The summed E-state index contributed by atoms with van der Waals surface area (Å²) in [6.07, 6.45) is 3.18. The predicted molar refractivity (Wildman–Crippen MR) is 117 cm³/mol. The largest absolute Gasteiger partial charge is 0.466 e. The van der Waals surface area contributed by atoms with Crippen molar-refractivity contribution in [3.63, 3.8) is 0 Å². The van der Waals surface area contributed by atoms with Crippen molar-refractivity contribution >= 4 is 39.2 Å². The second kappa shape index (κ2) is 8.85. The first-order valence-electron chi connectivity index (χ1n) is 10.6. The molecule has 8 nitrogen and oxygen atoms in total. The molecule has 1 atom stereocenters. The van der Waals surface area contributed by atoms with Crippen molar-refractivity contribution in [2.45, 2.75) is 26.7 Å². The molecule has 162 valence electrons. The van der Waals surface area contributed by atoms with Gasteiger partial charge in [-0.1, -0.05) is 0 Å². The Hall–Kier alpha value is -2.26. The van der Waals surface area contributed by atoms with Crippen molar-refractivity contribution in [1.29, 1.82) is 0 Å². The number of carbonyl (C=O) groups is 2. The molecule has 2 aromatic heterocycles. The van der Waals surface area contributed by atoms with Crippen LogP contribution in [0, 0.1) is 12.8 Å². The maximum Gasteiger partial charge on any atom is 0.310 e. The fourth-order valence-electron chi connectivity index (χ4n) is 4.27. The number of nitrogens with zero attached hydrogens (tertiary/aromatic N) is 5. The first-order chi connectivity index (χ1) is 14.5. The summed E-state index contributed by atoms with van der Waals surface area (Å²) in [5, 5.41) is 0.981. The van der Waals surface area contributed by atoms with Gasteiger partial charge < -0.3 is 19.4 Å². The second-order valence-electron chi connectivity index (χ2n) is 8.07. The summed E-state index contributed by atoms with van der Waals surface area (Å²) in [7, 11) is 2.13. The van der Waals surface area contributed by atoms with Crippen molar-refractivity contribution in [2.75, 3.05) is 57.8 Å². The van der Waals surface area contributed by atoms with Crippen LogP contribution in [0.15, 0.2) is 6.33 Å². The molecule has 2 aliphatic heterocycles. The van der Waals surface area contributed by atoms with Gasteiger partial charge in [-0.25, -0.2) is 9.97 Å².